The number of ether oxygens (including phenoxy) is 1. The van der Waals surface area contributed by atoms with Gasteiger partial charge in [0.25, 0.3) is 5.76 Å². The van der Waals surface area contributed by atoms with Gasteiger partial charge in [-0.1, -0.05) is 11.8 Å². The Labute approximate surface area is 134 Å². The van der Waals surface area contributed by atoms with Gasteiger partial charge in [-0.2, -0.15) is 8.78 Å². The standard InChI is InChI=1S/C14H14BrF2NO2S/c1-19-9-4-5-12(15)13(6-9)18-7-10-2-3-11(20-10)8-21-14(16)17/h2-6,14,18H,7-8H2,1H3. The molecule has 114 valence electrons. The van der Waals surface area contributed by atoms with Crippen LogP contribution in [0.25, 0.3) is 0 Å². The second-order valence-corrected chi connectivity index (χ2v) is 5.97. The number of thioether (sulfide) groups is 1. The van der Waals surface area contributed by atoms with Crippen LogP contribution in [-0.4, -0.2) is 12.9 Å². The average Bonchev–Trinajstić information content (AvgIpc) is 2.92. The highest BCUT2D eigenvalue weighted by molar-refractivity contribution is 9.10. The zero-order valence-electron chi connectivity index (χ0n) is 11.2. The molecule has 2 rings (SSSR count). The van der Waals surface area contributed by atoms with E-state index in [1.54, 1.807) is 19.2 Å². The molecule has 0 fully saturated rings. The van der Waals surface area contributed by atoms with Crippen LogP contribution in [0.3, 0.4) is 0 Å². The molecular formula is C14H14BrF2NO2S. The zero-order valence-corrected chi connectivity index (χ0v) is 13.6. The highest BCUT2D eigenvalue weighted by atomic mass is 79.9. The zero-order chi connectivity index (χ0) is 15.2. The van der Waals surface area contributed by atoms with Crippen molar-refractivity contribution in [2.24, 2.45) is 0 Å². The summed E-state index contributed by atoms with van der Waals surface area (Å²) < 4.78 is 35.8. The molecule has 0 aliphatic carbocycles. The van der Waals surface area contributed by atoms with E-state index in [-0.39, 0.29) is 5.75 Å². The molecule has 0 radical (unpaired) electrons. The number of hydrogen-bond donors (Lipinski definition) is 1. The Balaban J connectivity index is 1.94. The molecule has 0 amide bonds. The van der Waals surface area contributed by atoms with E-state index in [1.165, 1.54) is 0 Å². The van der Waals surface area contributed by atoms with Crippen LogP contribution in [-0.2, 0) is 12.3 Å². The molecule has 1 N–H and O–H groups in total. The molecule has 0 unspecified atom stereocenters. The van der Waals surface area contributed by atoms with Crippen molar-refractivity contribution >= 4 is 33.4 Å². The first-order chi connectivity index (χ1) is 10.1. The number of nitrogens with one attached hydrogen (secondary N) is 1. The van der Waals surface area contributed by atoms with Crippen molar-refractivity contribution in [2.45, 2.75) is 18.1 Å². The lowest BCUT2D eigenvalue weighted by Gasteiger charge is -2.09. The molecule has 0 aliphatic heterocycles. The number of alkyl halides is 2. The summed E-state index contributed by atoms with van der Waals surface area (Å²) in [5.41, 5.74) is 0.870. The average molecular weight is 378 g/mol. The molecule has 0 atom stereocenters. The predicted octanol–water partition coefficient (Wildman–Crippen LogP) is 5.12. The Hall–Kier alpha value is -1.21. The number of rotatable bonds is 7. The third kappa shape index (κ3) is 4.93. The Kier molecular flexibility index (Phi) is 5.93. The molecular weight excluding hydrogens is 364 g/mol. The normalized spacial score (nSPS) is 10.9. The van der Waals surface area contributed by atoms with E-state index in [1.807, 2.05) is 18.2 Å². The Morgan fingerprint density at radius 3 is 2.76 bits per heavy atom. The summed E-state index contributed by atoms with van der Waals surface area (Å²) >= 11 is 3.99. The lowest BCUT2D eigenvalue weighted by atomic mass is 10.3. The van der Waals surface area contributed by atoms with Crippen LogP contribution in [0, 0.1) is 0 Å². The van der Waals surface area contributed by atoms with Crippen LogP contribution in [0.5, 0.6) is 5.75 Å². The third-order valence-electron chi connectivity index (χ3n) is 2.70. The van der Waals surface area contributed by atoms with Gasteiger partial charge in [-0.05, 0) is 40.2 Å². The first-order valence-corrected chi connectivity index (χ1v) is 7.97. The predicted molar refractivity (Wildman–Crippen MR) is 84.0 cm³/mol. The number of methoxy groups -OCH3 is 1. The summed E-state index contributed by atoms with van der Waals surface area (Å²) in [5, 5.41) is 3.21. The molecule has 2 aromatic rings. The van der Waals surface area contributed by atoms with Gasteiger partial charge in [0.2, 0.25) is 0 Å². The number of halogens is 3. The number of anilines is 1. The second-order valence-electron chi connectivity index (χ2n) is 4.14. The summed E-state index contributed by atoms with van der Waals surface area (Å²) in [7, 11) is 1.60. The van der Waals surface area contributed by atoms with Crippen molar-refractivity contribution in [3.63, 3.8) is 0 Å². The minimum atomic E-state index is -2.38. The van der Waals surface area contributed by atoms with Gasteiger partial charge in [-0.15, -0.1) is 0 Å². The van der Waals surface area contributed by atoms with E-state index >= 15 is 0 Å². The van der Waals surface area contributed by atoms with Gasteiger partial charge in [0, 0.05) is 10.5 Å². The van der Waals surface area contributed by atoms with Crippen LogP contribution in [0.2, 0.25) is 0 Å². The minimum absolute atomic E-state index is 0.167. The Bertz CT molecular complexity index is 592. The van der Waals surface area contributed by atoms with Crippen molar-refractivity contribution < 1.29 is 17.9 Å². The maximum Gasteiger partial charge on any atom is 0.284 e. The van der Waals surface area contributed by atoms with Crippen LogP contribution in [0.1, 0.15) is 11.5 Å². The SMILES string of the molecule is COc1ccc(Br)c(NCc2ccc(CSC(F)F)o2)c1. The molecule has 1 aromatic heterocycles. The maximum absolute atomic E-state index is 12.1. The van der Waals surface area contributed by atoms with Crippen LogP contribution in [0.4, 0.5) is 14.5 Å². The van der Waals surface area contributed by atoms with Gasteiger partial charge < -0.3 is 14.5 Å². The van der Waals surface area contributed by atoms with E-state index in [0.29, 0.717) is 29.8 Å². The van der Waals surface area contributed by atoms with Crippen molar-refractivity contribution in [3.8, 4) is 5.75 Å². The number of benzene rings is 1. The fourth-order valence-corrected chi connectivity index (χ4v) is 2.52. The van der Waals surface area contributed by atoms with E-state index < -0.39 is 5.76 Å². The van der Waals surface area contributed by atoms with Crippen LogP contribution < -0.4 is 10.1 Å². The van der Waals surface area contributed by atoms with Crippen molar-refractivity contribution in [2.75, 3.05) is 12.4 Å². The van der Waals surface area contributed by atoms with Crippen molar-refractivity contribution in [1.29, 1.82) is 0 Å². The van der Waals surface area contributed by atoms with Crippen LogP contribution >= 0.6 is 27.7 Å². The van der Waals surface area contributed by atoms with Crippen molar-refractivity contribution in [3.05, 3.63) is 46.3 Å². The van der Waals surface area contributed by atoms with Gasteiger partial charge in [0.15, 0.2) is 0 Å². The third-order valence-corrected chi connectivity index (χ3v) is 4.09. The fraction of sp³-hybridized carbons (Fsp3) is 0.286. The van der Waals surface area contributed by atoms with Gasteiger partial charge in [0.05, 0.1) is 25.1 Å². The molecule has 0 saturated heterocycles. The lowest BCUT2D eigenvalue weighted by molar-refractivity contribution is 0.251. The molecule has 1 aromatic carbocycles. The quantitative estimate of drug-likeness (QED) is 0.726. The highest BCUT2D eigenvalue weighted by Crippen LogP contribution is 2.28. The van der Waals surface area contributed by atoms with Gasteiger partial charge in [-0.3, -0.25) is 0 Å². The summed E-state index contributed by atoms with van der Waals surface area (Å²) in [6.45, 7) is 0.463. The smallest absolute Gasteiger partial charge is 0.284 e. The second kappa shape index (κ2) is 7.70. The fourth-order valence-electron chi connectivity index (χ4n) is 1.69. The van der Waals surface area contributed by atoms with Crippen molar-refractivity contribution in [1.82, 2.24) is 0 Å². The lowest BCUT2D eigenvalue weighted by Crippen LogP contribution is -1.99. The Morgan fingerprint density at radius 1 is 1.29 bits per heavy atom. The number of hydrogen-bond acceptors (Lipinski definition) is 4. The monoisotopic (exact) mass is 377 g/mol. The Morgan fingerprint density at radius 2 is 2.05 bits per heavy atom. The maximum atomic E-state index is 12.1. The topological polar surface area (TPSA) is 34.4 Å². The molecule has 0 saturated carbocycles. The van der Waals surface area contributed by atoms with E-state index in [0.717, 1.165) is 15.9 Å². The summed E-state index contributed by atoms with van der Waals surface area (Å²) in [6, 6.07) is 9.09. The molecule has 0 aliphatic rings. The van der Waals surface area contributed by atoms with Gasteiger partial charge in [0.1, 0.15) is 17.3 Å². The molecule has 7 heteroatoms. The molecule has 1 heterocycles. The first-order valence-electron chi connectivity index (χ1n) is 6.13. The molecule has 0 spiro atoms. The van der Waals surface area contributed by atoms with E-state index in [9.17, 15) is 8.78 Å². The molecule has 0 bridgehead atoms. The largest absolute Gasteiger partial charge is 0.497 e. The summed E-state index contributed by atoms with van der Waals surface area (Å²) in [4.78, 5) is 0. The van der Waals surface area contributed by atoms with Gasteiger partial charge >= 0.3 is 0 Å². The highest BCUT2D eigenvalue weighted by Gasteiger charge is 2.08. The molecule has 3 nitrogen and oxygen atoms in total. The minimum Gasteiger partial charge on any atom is -0.497 e. The molecule has 21 heavy (non-hydrogen) atoms. The number of furan rings is 1. The first kappa shape index (κ1) is 16.2. The summed E-state index contributed by atoms with van der Waals surface area (Å²) in [6.07, 6.45) is 0. The summed E-state index contributed by atoms with van der Waals surface area (Å²) in [5.74, 6) is -0.240. The van der Waals surface area contributed by atoms with Crippen LogP contribution in [0.15, 0.2) is 39.2 Å². The van der Waals surface area contributed by atoms with E-state index in [4.69, 9.17) is 9.15 Å². The van der Waals surface area contributed by atoms with Gasteiger partial charge in [-0.25, -0.2) is 0 Å². The van der Waals surface area contributed by atoms with E-state index in [2.05, 4.69) is 21.2 Å².